The van der Waals surface area contributed by atoms with Gasteiger partial charge in [-0.1, -0.05) is 142 Å². The molecule has 0 aromatic rings. The molecule has 65 heavy (non-hydrogen) atoms. The van der Waals surface area contributed by atoms with Crippen LogP contribution in [0.25, 0.3) is 0 Å². The second kappa shape index (κ2) is 29.5. The Bertz CT molecular complexity index is 1440. The predicted octanol–water partition coefficient (Wildman–Crippen LogP) is 14.7. The van der Waals surface area contributed by atoms with Gasteiger partial charge >= 0.3 is 18.0 Å². The fourth-order valence-corrected chi connectivity index (χ4v) is 13.0. The van der Waals surface area contributed by atoms with Crippen molar-refractivity contribution in [1.82, 2.24) is 9.80 Å². The lowest BCUT2D eigenvalue weighted by molar-refractivity contribution is -0.151. The molecule has 0 aliphatic heterocycles. The number of unbranched alkanes of at least 4 members (excludes halogenated alkanes) is 12. The summed E-state index contributed by atoms with van der Waals surface area (Å²) in [6.07, 6.45) is 37.4. The summed E-state index contributed by atoms with van der Waals surface area (Å²) in [4.78, 5) is 42.1. The van der Waals surface area contributed by atoms with Crippen molar-refractivity contribution < 1.29 is 28.6 Å². The minimum atomic E-state index is -0.221. The molecule has 0 radical (unpaired) electrons. The van der Waals surface area contributed by atoms with Crippen molar-refractivity contribution >= 4 is 18.0 Å². The summed E-state index contributed by atoms with van der Waals surface area (Å²) >= 11 is 0. The van der Waals surface area contributed by atoms with E-state index in [4.69, 9.17) is 14.2 Å². The third-order valence-electron chi connectivity index (χ3n) is 16.9. The van der Waals surface area contributed by atoms with Crippen LogP contribution in [0.2, 0.25) is 0 Å². The van der Waals surface area contributed by atoms with E-state index in [1.807, 2.05) is 30.0 Å². The first kappa shape index (κ1) is 55.2. The molecule has 4 rings (SSSR count). The van der Waals surface area contributed by atoms with Gasteiger partial charge in [0.2, 0.25) is 0 Å². The van der Waals surface area contributed by atoms with E-state index in [1.165, 1.54) is 77.0 Å². The highest BCUT2D eigenvalue weighted by Gasteiger charge is 2.59. The molecule has 3 fully saturated rings. The summed E-state index contributed by atoms with van der Waals surface area (Å²) in [5, 5.41) is 0. The molecule has 0 unspecified atom stereocenters. The molecule has 0 aromatic carbocycles. The summed E-state index contributed by atoms with van der Waals surface area (Å²) in [7, 11) is 3.96. The average molecular weight is 909 g/mol. The number of nitrogens with zero attached hydrogens (tertiary/aromatic N) is 2. The summed E-state index contributed by atoms with van der Waals surface area (Å²) in [5.74, 6) is 4.90. The third-order valence-corrected chi connectivity index (χ3v) is 16.9. The van der Waals surface area contributed by atoms with E-state index in [9.17, 15) is 14.4 Å². The van der Waals surface area contributed by atoms with Crippen LogP contribution in [-0.4, -0.2) is 80.9 Å². The van der Waals surface area contributed by atoms with Gasteiger partial charge in [0.1, 0.15) is 19.3 Å². The lowest BCUT2D eigenvalue weighted by Gasteiger charge is -2.58. The van der Waals surface area contributed by atoms with Gasteiger partial charge in [0, 0.05) is 38.9 Å². The van der Waals surface area contributed by atoms with Crippen LogP contribution >= 0.6 is 0 Å². The fourth-order valence-electron chi connectivity index (χ4n) is 13.0. The quantitative estimate of drug-likeness (QED) is 0.0288. The van der Waals surface area contributed by atoms with E-state index in [0.29, 0.717) is 51.1 Å². The number of carbonyl (C=O) groups is 3. The zero-order valence-corrected chi connectivity index (χ0v) is 43.5. The Hall–Kier alpha value is -2.35. The van der Waals surface area contributed by atoms with E-state index < -0.39 is 0 Å². The molecule has 4 aliphatic carbocycles. The van der Waals surface area contributed by atoms with Crippen LogP contribution in [-0.2, 0) is 23.8 Å². The molecule has 0 bridgehead atoms. The highest BCUT2D eigenvalue weighted by molar-refractivity contribution is 5.70. The van der Waals surface area contributed by atoms with Crippen molar-refractivity contribution in [3.63, 3.8) is 0 Å². The minimum Gasteiger partial charge on any atom is -0.462 e. The van der Waals surface area contributed by atoms with Crippen LogP contribution in [0.5, 0.6) is 0 Å². The van der Waals surface area contributed by atoms with Gasteiger partial charge < -0.3 is 24.0 Å². The molecule has 8 heteroatoms. The molecule has 8 nitrogen and oxygen atoms in total. The first-order chi connectivity index (χ1) is 31.3. The Balaban J connectivity index is 1.08. The van der Waals surface area contributed by atoms with Crippen LogP contribution in [0, 0.1) is 46.3 Å². The normalized spacial score (nSPS) is 26.7. The van der Waals surface area contributed by atoms with Crippen molar-refractivity contribution in [2.75, 3.05) is 46.9 Å². The summed E-state index contributed by atoms with van der Waals surface area (Å²) in [6, 6.07) is 0. The first-order valence-electron chi connectivity index (χ1n) is 27.5. The minimum absolute atomic E-state index is 0.0244. The predicted molar refractivity (Wildman–Crippen MR) is 269 cm³/mol. The first-order valence-corrected chi connectivity index (χ1v) is 27.5. The second-order valence-electron chi connectivity index (χ2n) is 22.6. The van der Waals surface area contributed by atoms with Gasteiger partial charge in [0.15, 0.2) is 0 Å². The van der Waals surface area contributed by atoms with E-state index in [1.54, 1.807) is 5.57 Å². The van der Waals surface area contributed by atoms with Gasteiger partial charge in [-0.05, 0) is 144 Å². The van der Waals surface area contributed by atoms with Crippen LogP contribution < -0.4 is 0 Å². The molecule has 0 N–H and O–H groups in total. The Morgan fingerprint density at radius 2 is 1.40 bits per heavy atom. The molecule has 0 aromatic heterocycles. The highest BCUT2D eigenvalue weighted by Crippen LogP contribution is 2.67. The Morgan fingerprint density at radius 1 is 0.723 bits per heavy atom. The summed E-state index contributed by atoms with van der Waals surface area (Å²) in [6.45, 7) is 17.6. The van der Waals surface area contributed by atoms with Gasteiger partial charge in [-0.3, -0.25) is 9.59 Å². The van der Waals surface area contributed by atoms with Gasteiger partial charge in [-0.25, -0.2) is 4.79 Å². The summed E-state index contributed by atoms with van der Waals surface area (Å²) < 4.78 is 17.2. The van der Waals surface area contributed by atoms with Crippen molar-refractivity contribution in [2.45, 2.75) is 227 Å². The number of carbonyl (C=O) groups excluding carboxylic acids is 3. The zero-order chi connectivity index (χ0) is 47.1. The second-order valence-corrected chi connectivity index (χ2v) is 22.6. The van der Waals surface area contributed by atoms with E-state index in [0.717, 1.165) is 125 Å². The number of fused-ring (bicyclic) bond motifs is 5. The largest absolute Gasteiger partial charge is 0.462 e. The third kappa shape index (κ3) is 18.2. The molecule has 0 heterocycles. The number of ether oxygens (including phenoxy) is 3. The maximum Gasteiger partial charge on any atom is 0.409 e. The number of allylic oxidation sites excluding steroid dienone is 2. The van der Waals surface area contributed by atoms with E-state index in [2.05, 4.69) is 53.7 Å². The number of rotatable bonds is 32. The van der Waals surface area contributed by atoms with E-state index in [-0.39, 0.29) is 29.6 Å². The Kier molecular flexibility index (Phi) is 25.1. The maximum atomic E-state index is 13.1. The van der Waals surface area contributed by atoms with Crippen molar-refractivity contribution in [2.24, 2.45) is 46.3 Å². The fraction of sp³-hybridized carbons (Fsp3) is 0.877. The number of likely N-dealkylation sites (N-methyl/N-ethyl adjacent to an activating group) is 1. The maximum absolute atomic E-state index is 13.1. The molecule has 0 saturated heterocycles. The average Bonchev–Trinajstić information content (AvgIpc) is 3.63. The molecule has 374 valence electrons. The topological polar surface area (TPSA) is 85.4 Å². The highest BCUT2D eigenvalue weighted by atomic mass is 16.6. The molecule has 0 spiro atoms. The smallest absolute Gasteiger partial charge is 0.409 e. The molecule has 1 amide bonds. The number of esters is 2. The molecule has 8 atom stereocenters. The number of hydrogen-bond donors (Lipinski definition) is 0. The van der Waals surface area contributed by atoms with Crippen LogP contribution in [0.1, 0.15) is 221 Å². The SMILES string of the molecule is CCCCCC/C=C\COC(=O)CCCCCCCN(CCCCCCCC(=O)O[C@H]1CC[C@@]2(C)C(=CC[C@H]3[C@@H]4CC[C@H]([C@H](C)CCCC(C)C)[C@@]4(C)CC[C@@H]32)C1)C(=O)OCCN(C)C. The molecular weight excluding hydrogens is 809 g/mol. The van der Waals surface area contributed by atoms with Crippen molar-refractivity contribution in [3.8, 4) is 0 Å². The monoisotopic (exact) mass is 909 g/mol. The van der Waals surface area contributed by atoms with Gasteiger partial charge in [-0.15, -0.1) is 0 Å². The lowest BCUT2D eigenvalue weighted by atomic mass is 9.47. The van der Waals surface area contributed by atoms with Gasteiger partial charge in [0.25, 0.3) is 0 Å². The number of amides is 1. The van der Waals surface area contributed by atoms with Crippen molar-refractivity contribution in [3.05, 3.63) is 23.8 Å². The Labute approximate surface area is 399 Å². The van der Waals surface area contributed by atoms with Gasteiger partial charge in [-0.2, -0.15) is 0 Å². The Morgan fingerprint density at radius 3 is 2.09 bits per heavy atom. The molecule has 4 aliphatic rings. The van der Waals surface area contributed by atoms with Crippen LogP contribution in [0.15, 0.2) is 23.8 Å². The van der Waals surface area contributed by atoms with Crippen LogP contribution in [0.3, 0.4) is 0 Å². The van der Waals surface area contributed by atoms with E-state index >= 15 is 0 Å². The summed E-state index contributed by atoms with van der Waals surface area (Å²) in [5.41, 5.74) is 2.38. The standard InChI is InChI=1S/C57H100N2O6/c1-9-10-11-12-13-20-25-42-63-53(60)29-21-16-14-18-23-39-59(55(62)64-43-41-58(7)8)40-24-19-15-17-22-30-54(61)65-48-35-37-56(5)47(44-48)31-32-49-51-34-33-50(46(4)28-26-27-45(2)3)57(51,6)38-36-52(49)56/h20,25,31,45-46,48-52H,9-19,21-24,26-30,32-44H2,1-8H3/b25-20-/t46-,48+,49+,50-,51+,52+,56+,57-/m1/s1. The van der Waals surface area contributed by atoms with Gasteiger partial charge in [0.05, 0.1) is 0 Å². The number of hydrogen-bond acceptors (Lipinski definition) is 7. The lowest BCUT2D eigenvalue weighted by Crippen LogP contribution is -2.51. The van der Waals surface area contributed by atoms with Crippen LogP contribution in [0.4, 0.5) is 4.79 Å². The zero-order valence-electron chi connectivity index (χ0n) is 43.5. The molecule has 3 saturated carbocycles. The molecular formula is C57H100N2O6. The van der Waals surface area contributed by atoms with Crippen molar-refractivity contribution in [1.29, 1.82) is 0 Å².